The number of imide groups is 1. The van der Waals surface area contributed by atoms with Gasteiger partial charge in [0.15, 0.2) is 11.6 Å². The number of hydrogen-bond acceptors (Lipinski definition) is 13. The molecule has 3 saturated heterocycles. The number of piperidine rings is 1. The number of fused-ring (bicyclic) bond motifs is 2. The number of aromatic nitrogens is 9. The molecule has 21 heteroatoms. The van der Waals surface area contributed by atoms with Crippen LogP contribution in [-0.2, 0) is 11.8 Å². The lowest BCUT2D eigenvalue weighted by Gasteiger charge is -2.42. The zero-order valence-electron chi connectivity index (χ0n) is 39.4. The highest BCUT2D eigenvalue weighted by atomic mass is 35.5. The number of halogens is 2. The number of benzene rings is 1. The summed E-state index contributed by atoms with van der Waals surface area (Å²) in [5.41, 5.74) is 4.57. The Hall–Kier alpha value is -7.50. The van der Waals surface area contributed by atoms with Crippen molar-refractivity contribution in [2.75, 3.05) is 60.5 Å². The minimum atomic E-state index is -0.552. The molecule has 0 radical (unpaired) electrons. The van der Waals surface area contributed by atoms with Crippen molar-refractivity contribution in [1.29, 1.82) is 5.26 Å². The van der Waals surface area contributed by atoms with Gasteiger partial charge in [-0.2, -0.15) is 20.6 Å². The highest BCUT2D eigenvalue weighted by Crippen LogP contribution is 2.37. The van der Waals surface area contributed by atoms with E-state index in [-0.39, 0.29) is 47.9 Å². The van der Waals surface area contributed by atoms with E-state index >= 15 is 4.39 Å². The zero-order chi connectivity index (χ0) is 49.0. The Bertz CT molecular complexity index is 3230. The molecule has 7 aromatic rings. The number of amides is 4. The number of piperazine rings is 1. The van der Waals surface area contributed by atoms with Crippen LogP contribution >= 0.6 is 11.6 Å². The summed E-state index contributed by atoms with van der Waals surface area (Å²) in [6.45, 7) is 6.67. The van der Waals surface area contributed by atoms with Gasteiger partial charge in [0.25, 0.3) is 5.91 Å². The molecule has 6 aromatic heterocycles. The van der Waals surface area contributed by atoms with Crippen molar-refractivity contribution < 1.29 is 18.8 Å². The fourth-order valence-electron chi connectivity index (χ4n) is 10.9. The Labute approximate surface area is 413 Å². The minimum Gasteiger partial charge on any atom is -0.367 e. The average molecular weight is 980 g/mol. The summed E-state index contributed by atoms with van der Waals surface area (Å²) in [7, 11) is 1.67. The molecule has 4 aliphatic rings. The predicted molar refractivity (Wildman–Crippen MR) is 265 cm³/mol. The van der Waals surface area contributed by atoms with Gasteiger partial charge in [-0.25, -0.2) is 28.7 Å². The van der Waals surface area contributed by atoms with E-state index in [2.05, 4.69) is 64.4 Å². The molecule has 11 rings (SSSR count). The van der Waals surface area contributed by atoms with Gasteiger partial charge in [-0.3, -0.25) is 34.1 Å². The second kappa shape index (κ2) is 18.7. The molecular formula is C50H52ClFN16O3. The summed E-state index contributed by atoms with van der Waals surface area (Å²) in [6.07, 6.45) is 17.0. The van der Waals surface area contributed by atoms with Gasteiger partial charge in [0, 0.05) is 106 Å². The van der Waals surface area contributed by atoms with E-state index in [1.807, 2.05) is 30.6 Å². The number of nitriles is 1. The highest BCUT2D eigenvalue weighted by Gasteiger charge is 2.37. The summed E-state index contributed by atoms with van der Waals surface area (Å²) in [5.74, 6) is 0.179. The summed E-state index contributed by atoms with van der Waals surface area (Å²) in [6, 6.07) is 13.3. The standard InChI is InChI=1S/C50H52ClFN16O3/c1-3-50(60-48(70)44-37(51)5-4-17-54-44)15-19-65(20-16-50)40-13-6-31(26-55-40)43-45-32(25-53)27-57-68(45)30-38(58-43)33-28-56-67(29-33)35-9-7-34(8-10-35)63-21-23-64(24-22-63)39-12-11-36-46(42(39)52)62(2)61-47(36)66-18-14-41(69)59-49(66)71/h4-6,11-13,17,26-30,34-35H,3,7-10,14-16,18-24H2,1-2H3,(H,60,70)(H,59,69,71). The number of anilines is 3. The third kappa shape index (κ3) is 8.56. The molecule has 1 saturated carbocycles. The molecule has 19 nitrogen and oxygen atoms in total. The lowest BCUT2D eigenvalue weighted by molar-refractivity contribution is -0.120. The van der Waals surface area contributed by atoms with E-state index in [9.17, 15) is 19.6 Å². The summed E-state index contributed by atoms with van der Waals surface area (Å²) in [5, 5.41) is 30.3. The Morgan fingerprint density at radius 2 is 1.69 bits per heavy atom. The maximum absolute atomic E-state index is 16.2. The quantitative estimate of drug-likeness (QED) is 0.150. The van der Waals surface area contributed by atoms with Gasteiger partial charge in [0.05, 0.1) is 46.7 Å². The molecular weight excluding hydrogens is 927 g/mol. The first-order valence-corrected chi connectivity index (χ1v) is 24.6. The van der Waals surface area contributed by atoms with Crippen LogP contribution in [0.15, 0.2) is 73.6 Å². The zero-order valence-corrected chi connectivity index (χ0v) is 40.2. The predicted octanol–water partition coefficient (Wildman–Crippen LogP) is 6.53. The smallest absolute Gasteiger partial charge is 0.329 e. The third-order valence-electron chi connectivity index (χ3n) is 15.0. The molecule has 71 heavy (non-hydrogen) atoms. The van der Waals surface area contributed by atoms with Gasteiger partial charge in [0.2, 0.25) is 5.91 Å². The Morgan fingerprint density at radius 1 is 0.901 bits per heavy atom. The van der Waals surface area contributed by atoms with Gasteiger partial charge in [-0.1, -0.05) is 18.5 Å². The molecule has 0 atom stereocenters. The normalized spacial score (nSPS) is 19.8. The molecule has 1 aliphatic carbocycles. The van der Waals surface area contributed by atoms with E-state index < -0.39 is 6.03 Å². The van der Waals surface area contributed by atoms with Gasteiger partial charge in [-0.05, 0) is 81.3 Å². The lowest BCUT2D eigenvalue weighted by Crippen LogP contribution is -2.55. The number of nitrogens with zero attached hydrogens (tertiary/aromatic N) is 14. The number of carbonyl (C=O) groups is 3. The number of hydrogen-bond donors (Lipinski definition) is 2. The van der Waals surface area contributed by atoms with Crippen LogP contribution in [0.1, 0.15) is 80.4 Å². The number of urea groups is 1. The molecule has 0 unspecified atom stereocenters. The molecule has 4 amide bonds. The van der Waals surface area contributed by atoms with Crippen LogP contribution in [0.4, 0.5) is 26.5 Å². The van der Waals surface area contributed by atoms with Gasteiger partial charge >= 0.3 is 6.03 Å². The fraction of sp³-hybridized carbons (Fsp3) is 0.400. The van der Waals surface area contributed by atoms with Crippen LogP contribution in [0.2, 0.25) is 5.02 Å². The van der Waals surface area contributed by atoms with Crippen molar-refractivity contribution in [1.82, 2.24) is 59.7 Å². The van der Waals surface area contributed by atoms with E-state index in [0.717, 1.165) is 75.0 Å². The second-order valence-corrected chi connectivity index (χ2v) is 19.4. The topological polar surface area (TPSA) is 204 Å². The number of aryl methyl sites for hydroxylation is 1. The van der Waals surface area contributed by atoms with Crippen LogP contribution in [0.25, 0.3) is 38.9 Å². The van der Waals surface area contributed by atoms with E-state index in [1.165, 1.54) is 9.58 Å². The number of carbonyl (C=O) groups excluding carboxylic acids is 3. The number of rotatable bonds is 10. The summed E-state index contributed by atoms with van der Waals surface area (Å²) >= 11 is 6.28. The van der Waals surface area contributed by atoms with Crippen molar-refractivity contribution in [3.8, 4) is 28.6 Å². The van der Waals surface area contributed by atoms with Crippen LogP contribution in [0, 0.1) is 17.1 Å². The van der Waals surface area contributed by atoms with Crippen molar-refractivity contribution in [3.63, 3.8) is 0 Å². The molecule has 0 bridgehead atoms. The summed E-state index contributed by atoms with van der Waals surface area (Å²) in [4.78, 5) is 59.9. The van der Waals surface area contributed by atoms with Crippen molar-refractivity contribution in [2.45, 2.75) is 75.9 Å². The number of pyridine rings is 2. The van der Waals surface area contributed by atoms with Crippen LogP contribution in [-0.4, -0.2) is 124 Å². The van der Waals surface area contributed by atoms with E-state index in [1.54, 1.807) is 48.4 Å². The molecule has 4 fully saturated rings. The monoisotopic (exact) mass is 978 g/mol. The first-order chi connectivity index (χ1) is 34.5. The first-order valence-electron chi connectivity index (χ1n) is 24.2. The Kier molecular flexibility index (Phi) is 12.1. The van der Waals surface area contributed by atoms with Crippen molar-refractivity contribution >= 4 is 63.2 Å². The largest absolute Gasteiger partial charge is 0.367 e. The first kappa shape index (κ1) is 45.9. The van der Waals surface area contributed by atoms with Crippen molar-refractivity contribution in [3.05, 3.63) is 95.7 Å². The van der Waals surface area contributed by atoms with Gasteiger partial charge in [0.1, 0.15) is 34.2 Å². The Morgan fingerprint density at radius 3 is 2.41 bits per heavy atom. The highest BCUT2D eigenvalue weighted by molar-refractivity contribution is 6.33. The van der Waals surface area contributed by atoms with Gasteiger partial charge in [-0.15, -0.1) is 0 Å². The van der Waals surface area contributed by atoms with E-state index in [0.29, 0.717) is 82.1 Å². The fourth-order valence-corrected chi connectivity index (χ4v) is 11.1. The second-order valence-electron chi connectivity index (χ2n) is 18.9. The van der Waals surface area contributed by atoms with Crippen LogP contribution < -0.4 is 25.3 Å². The maximum atomic E-state index is 16.2. The third-order valence-corrected chi connectivity index (χ3v) is 15.3. The maximum Gasteiger partial charge on any atom is 0.329 e. The lowest BCUT2D eigenvalue weighted by atomic mass is 9.84. The SMILES string of the molecule is CCC1(NC(=O)c2ncccc2Cl)CCN(c2ccc(-c3nc(-c4cnn(C5CCC(N6CCN(c7ccc8c(N9CCC(=O)NC9=O)nn(C)c8c7F)CC6)CC5)c4)cn4ncc(C#N)c34)cn2)CC1. The summed E-state index contributed by atoms with van der Waals surface area (Å²) < 4.78 is 21.5. The molecule has 9 heterocycles. The van der Waals surface area contributed by atoms with Gasteiger partial charge < -0.3 is 15.1 Å². The molecule has 0 spiro atoms. The molecule has 3 aliphatic heterocycles. The average Bonchev–Trinajstić information content (AvgIpc) is 4.15. The molecule has 1 aromatic carbocycles. The molecule has 2 N–H and O–H groups in total. The Balaban J connectivity index is 0.724. The molecule has 364 valence electrons. The number of nitrogens with one attached hydrogen (secondary N) is 2. The van der Waals surface area contributed by atoms with Crippen molar-refractivity contribution in [2.24, 2.45) is 7.05 Å². The minimum absolute atomic E-state index is 0.158. The van der Waals surface area contributed by atoms with E-state index in [4.69, 9.17) is 26.7 Å². The van der Waals surface area contributed by atoms with Crippen LogP contribution in [0.5, 0.6) is 0 Å². The van der Waals surface area contributed by atoms with Crippen LogP contribution in [0.3, 0.4) is 0 Å².